The maximum Gasteiger partial charge on any atom is 0.354 e. The van der Waals surface area contributed by atoms with E-state index in [4.69, 9.17) is 5.11 Å². The lowest BCUT2D eigenvalue weighted by atomic mass is 10.2. The highest BCUT2D eigenvalue weighted by Crippen LogP contribution is 2.32. The van der Waals surface area contributed by atoms with Crippen LogP contribution in [0.1, 0.15) is 10.5 Å². The molecule has 0 atom stereocenters. The van der Waals surface area contributed by atoms with Crippen LogP contribution < -0.4 is 0 Å². The molecule has 0 spiro atoms. The average Bonchev–Trinajstić information content (AvgIpc) is 2.84. The van der Waals surface area contributed by atoms with Crippen LogP contribution in [-0.4, -0.2) is 25.6 Å². The van der Waals surface area contributed by atoms with Gasteiger partial charge >= 0.3 is 5.97 Å². The molecule has 0 amide bonds. The Bertz CT molecular complexity index is 798. The zero-order chi connectivity index (χ0) is 14.1. The Morgan fingerprint density at radius 1 is 1.35 bits per heavy atom. The number of benzene rings is 1. The second kappa shape index (κ2) is 4.97. The zero-order valence-corrected chi connectivity index (χ0v) is 11.5. The summed E-state index contributed by atoms with van der Waals surface area (Å²) in [5.74, 6) is -1.03. The van der Waals surface area contributed by atoms with Crippen LogP contribution in [-0.2, 0) is 7.05 Å². The Labute approximate surface area is 119 Å². The first-order valence-corrected chi connectivity index (χ1v) is 6.75. The molecule has 0 saturated heterocycles. The minimum atomic E-state index is -1.03. The minimum Gasteiger partial charge on any atom is -0.477 e. The monoisotopic (exact) mass is 285 g/mol. The number of hydrogen-bond acceptors (Lipinski definition) is 4. The van der Waals surface area contributed by atoms with E-state index in [0.717, 1.165) is 15.4 Å². The Morgan fingerprint density at radius 3 is 2.85 bits per heavy atom. The average molecular weight is 285 g/mol. The molecule has 0 saturated carbocycles. The largest absolute Gasteiger partial charge is 0.477 e. The third-order valence-electron chi connectivity index (χ3n) is 2.88. The molecule has 3 rings (SSSR count). The Hall–Kier alpha value is -2.34. The molecule has 20 heavy (non-hydrogen) atoms. The quantitative estimate of drug-likeness (QED) is 0.801. The molecular formula is C14H11N3O2S. The standard InChI is InChI=1S/C14H11N3O2S/c1-17-7-6-15-14(17)20-12-8-11(13(18)19)16-10-5-3-2-4-9(10)12/h2-8H,1H3,(H,18,19). The number of aromatic carboxylic acids is 1. The van der Waals surface area contributed by atoms with Gasteiger partial charge in [-0.05, 0) is 12.1 Å². The molecule has 1 aromatic carbocycles. The van der Waals surface area contributed by atoms with Gasteiger partial charge in [0.2, 0.25) is 0 Å². The van der Waals surface area contributed by atoms with Crippen molar-refractivity contribution in [2.75, 3.05) is 0 Å². The van der Waals surface area contributed by atoms with Crippen molar-refractivity contribution in [3.05, 3.63) is 48.4 Å². The van der Waals surface area contributed by atoms with Crippen molar-refractivity contribution in [3.8, 4) is 0 Å². The summed E-state index contributed by atoms with van der Waals surface area (Å²) in [6.45, 7) is 0. The lowest BCUT2D eigenvalue weighted by molar-refractivity contribution is 0.0690. The van der Waals surface area contributed by atoms with E-state index in [-0.39, 0.29) is 5.69 Å². The molecular weight excluding hydrogens is 274 g/mol. The first-order chi connectivity index (χ1) is 9.65. The summed E-state index contributed by atoms with van der Waals surface area (Å²) < 4.78 is 1.89. The number of rotatable bonds is 3. The number of aryl methyl sites for hydroxylation is 1. The number of aromatic nitrogens is 3. The van der Waals surface area contributed by atoms with Gasteiger partial charge in [0.25, 0.3) is 0 Å². The molecule has 100 valence electrons. The maximum absolute atomic E-state index is 11.2. The van der Waals surface area contributed by atoms with E-state index in [0.29, 0.717) is 5.52 Å². The van der Waals surface area contributed by atoms with E-state index >= 15 is 0 Å². The third kappa shape index (κ3) is 2.25. The summed E-state index contributed by atoms with van der Waals surface area (Å²) in [5.41, 5.74) is 0.713. The predicted molar refractivity (Wildman–Crippen MR) is 76.0 cm³/mol. The first-order valence-electron chi connectivity index (χ1n) is 5.93. The van der Waals surface area contributed by atoms with Gasteiger partial charge in [-0.2, -0.15) is 0 Å². The number of para-hydroxylation sites is 1. The topological polar surface area (TPSA) is 68.0 Å². The van der Waals surface area contributed by atoms with Crippen LogP contribution in [0.3, 0.4) is 0 Å². The number of hydrogen-bond donors (Lipinski definition) is 1. The predicted octanol–water partition coefficient (Wildman–Crippen LogP) is 2.82. The number of carbonyl (C=O) groups is 1. The molecule has 0 unspecified atom stereocenters. The first kappa shape index (κ1) is 12.7. The Kier molecular flexibility index (Phi) is 3.15. The fraction of sp³-hybridized carbons (Fsp3) is 0.0714. The third-order valence-corrected chi connectivity index (χ3v) is 4.01. The lowest BCUT2D eigenvalue weighted by Gasteiger charge is -2.07. The van der Waals surface area contributed by atoms with E-state index in [1.165, 1.54) is 11.8 Å². The van der Waals surface area contributed by atoms with Gasteiger partial charge in [0, 0.05) is 29.7 Å². The van der Waals surface area contributed by atoms with Gasteiger partial charge in [0.15, 0.2) is 5.16 Å². The second-order valence-corrected chi connectivity index (χ2v) is 5.26. The highest BCUT2D eigenvalue weighted by atomic mass is 32.2. The molecule has 5 nitrogen and oxygen atoms in total. The van der Waals surface area contributed by atoms with Crippen molar-refractivity contribution >= 4 is 28.6 Å². The summed E-state index contributed by atoms with van der Waals surface area (Å²) in [7, 11) is 1.90. The van der Waals surface area contributed by atoms with E-state index in [9.17, 15) is 4.79 Å². The number of fused-ring (bicyclic) bond motifs is 1. The van der Waals surface area contributed by atoms with Crippen molar-refractivity contribution in [1.82, 2.24) is 14.5 Å². The number of pyridine rings is 1. The van der Waals surface area contributed by atoms with E-state index in [1.54, 1.807) is 12.3 Å². The molecule has 0 radical (unpaired) electrons. The molecule has 0 aliphatic carbocycles. The molecule has 6 heteroatoms. The van der Waals surface area contributed by atoms with Crippen LogP contribution in [0.2, 0.25) is 0 Å². The van der Waals surface area contributed by atoms with Crippen molar-refractivity contribution < 1.29 is 9.90 Å². The molecule has 1 N–H and O–H groups in total. The molecule has 2 heterocycles. The molecule has 0 aliphatic rings. The minimum absolute atomic E-state index is 0.0420. The van der Waals surface area contributed by atoms with Crippen LogP contribution in [0.4, 0.5) is 0 Å². The Balaban J connectivity index is 2.17. The number of carboxylic acids is 1. The molecule has 0 bridgehead atoms. The van der Waals surface area contributed by atoms with Crippen molar-refractivity contribution in [1.29, 1.82) is 0 Å². The summed E-state index contributed by atoms with van der Waals surface area (Å²) in [6.07, 6.45) is 3.56. The maximum atomic E-state index is 11.2. The summed E-state index contributed by atoms with van der Waals surface area (Å²) in [6, 6.07) is 9.08. The molecule has 0 aliphatic heterocycles. The van der Waals surface area contributed by atoms with Gasteiger partial charge in [0.05, 0.1) is 5.52 Å². The lowest BCUT2D eigenvalue weighted by Crippen LogP contribution is -2.01. The molecule has 2 aromatic heterocycles. The van der Waals surface area contributed by atoms with Crippen molar-refractivity contribution in [2.45, 2.75) is 10.1 Å². The van der Waals surface area contributed by atoms with E-state index in [1.807, 2.05) is 42.1 Å². The van der Waals surface area contributed by atoms with Gasteiger partial charge in [0.1, 0.15) is 5.69 Å². The number of nitrogens with zero attached hydrogens (tertiary/aromatic N) is 3. The van der Waals surface area contributed by atoms with E-state index < -0.39 is 5.97 Å². The van der Waals surface area contributed by atoms with Gasteiger partial charge < -0.3 is 9.67 Å². The van der Waals surface area contributed by atoms with Crippen LogP contribution in [0.25, 0.3) is 10.9 Å². The number of imidazole rings is 1. The van der Waals surface area contributed by atoms with Crippen LogP contribution in [0, 0.1) is 0 Å². The SMILES string of the molecule is Cn1ccnc1Sc1cc(C(=O)O)nc2ccccc12. The summed E-state index contributed by atoms with van der Waals surface area (Å²) >= 11 is 1.43. The van der Waals surface area contributed by atoms with Crippen molar-refractivity contribution in [3.63, 3.8) is 0 Å². The summed E-state index contributed by atoms with van der Waals surface area (Å²) in [4.78, 5) is 20.4. The highest BCUT2D eigenvalue weighted by molar-refractivity contribution is 7.99. The van der Waals surface area contributed by atoms with Gasteiger partial charge in [-0.1, -0.05) is 30.0 Å². The Morgan fingerprint density at radius 2 is 2.15 bits per heavy atom. The fourth-order valence-electron chi connectivity index (χ4n) is 1.89. The van der Waals surface area contributed by atoms with Crippen LogP contribution in [0.15, 0.2) is 52.8 Å². The molecule has 3 aromatic rings. The van der Waals surface area contributed by atoms with Gasteiger partial charge in [-0.25, -0.2) is 14.8 Å². The summed E-state index contributed by atoms with van der Waals surface area (Å²) in [5, 5.41) is 10.9. The fourth-order valence-corrected chi connectivity index (χ4v) is 2.85. The van der Waals surface area contributed by atoms with Crippen LogP contribution in [0.5, 0.6) is 0 Å². The van der Waals surface area contributed by atoms with Crippen molar-refractivity contribution in [2.24, 2.45) is 7.05 Å². The normalized spacial score (nSPS) is 10.8. The van der Waals surface area contributed by atoms with Gasteiger partial charge in [-0.15, -0.1) is 0 Å². The van der Waals surface area contributed by atoms with Gasteiger partial charge in [-0.3, -0.25) is 0 Å². The van der Waals surface area contributed by atoms with Crippen LogP contribution >= 0.6 is 11.8 Å². The highest BCUT2D eigenvalue weighted by Gasteiger charge is 2.13. The number of carboxylic acid groups (broad SMARTS) is 1. The molecule has 0 fully saturated rings. The van der Waals surface area contributed by atoms with E-state index in [2.05, 4.69) is 9.97 Å². The zero-order valence-electron chi connectivity index (χ0n) is 10.6. The second-order valence-electron chi connectivity index (χ2n) is 4.25. The smallest absolute Gasteiger partial charge is 0.354 e.